The molecule has 3 aliphatic rings. The second-order valence-corrected chi connectivity index (χ2v) is 8.26. The number of hydrogen-bond acceptors (Lipinski definition) is 5. The lowest BCUT2D eigenvalue weighted by atomic mass is 10.0. The van der Waals surface area contributed by atoms with Crippen LogP contribution in [-0.2, 0) is 22.7 Å². The SMILES string of the molecule is Cc1nc2ccccn2c1-c1nnc2n1CC1(CCN(C(=O)C3CC3)C1)OC2. The van der Waals surface area contributed by atoms with Crippen molar-refractivity contribution in [2.75, 3.05) is 13.1 Å². The minimum Gasteiger partial charge on any atom is -0.363 e. The van der Waals surface area contributed by atoms with Gasteiger partial charge in [-0.25, -0.2) is 4.98 Å². The second-order valence-electron chi connectivity index (χ2n) is 8.26. The van der Waals surface area contributed by atoms with Crippen LogP contribution in [-0.4, -0.2) is 53.6 Å². The zero-order valence-electron chi connectivity index (χ0n) is 15.8. The van der Waals surface area contributed by atoms with Gasteiger partial charge in [-0.2, -0.15) is 0 Å². The summed E-state index contributed by atoms with van der Waals surface area (Å²) in [6.07, 6.45) is 4.94. The molecule has 5 heterocycles. The van der Waals surface area contributed by atoms with Crippen LogP contribution in [0.25, 0.3) is 17.2 Å². The summed E-state index contributed by atoms with van der Waals surface area (Å²) in [5.41, 5.74) is 2.45. The molecule has 28 heavy (non-hydrogen) atoms. The Balaban J connectivity index is 1.37. The molecule has 0 radical (unpaired) electrons. The third-order valence-corrected chi connectivity index (χ3v) is 6.25. The van der Waals surface area contributed by atoms with E-state index in [1.54, 1.807) is 0 Å². The minimum atomic E-state index is -0.344. The van der Waals surface area contributed by atoms with E-state index in [1.165, 1.54) is 0 Å². The maximum Gasteiger partial charge on any atom is 0.225 e. The number of pyridine rings is 1. The van der Waals surface area contributed by atoms with Gasteiger partial charge in [0, 0.05) is 18.7 Å². The second kappa shape index (κ2) is 5.64. The Labute approximate surface area is 162 Å². The molecule has 8 heteroatoms. The predicted molar refractivity (Wildman–Crippen MR) is 100 cm³/mol. The molecule has 1 amide bonds. The van der Waals surface area contributed by atoms with Crippen LogP contribution in [0.2, 0.25) is 0 Å². The van der Waals surface area contributed by atoms with E-state index < -0.39 is 0 Å². The number of aromatic nitrogens is 5. The van der Waals surface area contributed by atoms with E-state index in [2.05, 4.69) is 24.1 Å². The number of aryl methyl sites for hydroxylation is 1. The molecule has 0 bridgehead atoms. The molecule has 3 aromatic rings. The van der Waals surface area contributed by atoms with Gasteiger partial charge in [0.25, 0.3) is 0 Å². The third kappa shape index (κ3) is 2.33. The Morgan fingerprint density at radius 3 is 3.00 bits per heavy atom. The monoisotopic (exact) mass is 378 g/mol. The van der Waals surface area contributed by atoms with Gasteiger partial charge >= 0.3 is 0 Å². The van der Waals surface area contributed by atoms with E-state index >= 15 is 0 Å². The number of imidazole rings is 1. The summed E-state index contributed by atoms with van der Waals surface area (Å²) in [7, 11) is 0. The van der Waals surface area contributed by atoms with E-state index in [9.17, 15) is 4.79 Å². The molecule has 1 saturated heterocycles. The first-order valence-corrected chi connectivity index (χ1v) is 9.92. The molecular weight excluding hydrogens is 356 g/mol. The fourth-order valence-corrected chi connectivity index (χ4v) is 4.59. The first-order valence-electron chi connectivity index (χ1n) is 9.92. The Morgan fingerprint density at radius 2 is 2.14 bits per heavy atom. The molecular formula is C20H22N6O2. The number of ether oxygens (including phenoxy) is 1. The maximum absolute atomic E-state index is 12.5. The summed E-state index contributed by atoms with van der Waals surface area (Å²) in [4.78, 5) is 19.2. The Bertz CT molecular complexity index is 1100. The number of hydrogen-bond donors (Lipinski definition) is 0. The molecule has 1 aliphatic carbocycles. The van der Waals surface area contributed by atoms with Crippen molar-refractivity contribution >= 4 is 11.6 Å². The van der Waals surface area contributed by atoms with Gasteiger partial charge in [-0.3, -0.25) is 9.20 Å². The fraction of sp³-hybridized carbons (Fsp3) is 0.500. The molecule has 1 saturated carbocycles. The molecule has 2 fully saturated rings. The first kappa shape index (κ1) is 16.2. The molecule has 2 aliphatic heterocycles. The van der Waals surface area contributed by atoms with Crippen LogP contribution in [0.5, 0.6) is 0 Å². The number of amides is 1. The average Bonchev–Trinajstić information content (AvgIpc) is 3.24. The quantitative estimate of drug-likeness (QED) is 0.680. The molecule has 8 nitrogen and oxygen atoms in total. The standard InChI is InChI=1S/C20H22N6O2/c1-13-17(25-8-3-2-4-15(25)21-13)18-23-22-16-10-28-20(12-26(16)18)7-9-24(11-20)19(27)14-5-6-14/h2-4,8,14H,5-7,9-12H2,1H3. The lowest BCUT2D eigenvalue weighted by Gasteiger charge is -2.34. The highest BCUT2D eigenvalue weighted by atomic mass is 16.5. The van der Waals surface area contributed by atoms with Crippen molar-refractivity contribution in [1.29, 1.82) is 0 Å². The smallest absolute Gasteiger partial charge is 0.225 e. The van der Waals surface area contributed by atoms with Crippen molar-refractivity contribution in [3.8, 4) is 11.5 Å². The predicted octanol–water partition coefficient (Wildman–Crippen LogP) is 1.81. The summed E-state index contributed by atoms with van der Waals surface area (Å²) < 4.78 is 10.5. The van der Waals surface area contributed by atoms with Crippen LogP contribution in [0, 0.1) is 12.8 Å². The number of likely N-dealkylation sites (tertiary alicyclic amines) is 1. The van der Waals surface area contributed by atoms with Crippen molar-refractivity contribution in [2.24, 2.45) is 5.92 Å². The van der Waals surface area contributed by atoms with Crippen LogP contribution in [0.4, 0.5) is 0 Å². The van der Waals surface area contributed by atoms with Crippen molar-refractivity contribution in [1.82, 2.24) is 29.0 Å². The first-order chi connectivity index (χ1) is 13.6. The topological polar surface area (TPSA) is 77.5 Å². The fourth-order valence-electron chi connectivity index (χ4n) is 4.59. The number of nitrogens with zero attached hydrogens (tertiary/aromatic N) is 6. The van der Waals surface area contributed by atoms with Crippen LogP contribution in [0.1, 0.15) is 30.8 Å². The Hall–Kier alpha value is -2.74. The van der Waals surface area contributed by atoms with Crippen molar-refractivity contribution in [2.45, 2.75) is 44.9 Å². The van der Waals surface area contributed by atoms with Gasteiger partial charge < -0.3 is 14.2 Å². The highest BCUT2D eigenvalue weighted by molar-refractivity contribution is 5.81. The lowest BCUT2D eigenvalue weighted by Crippen LogP contribution is -2.45. The van der Waals surface area contributed by atoms with Gasteiger partial charge in [-0.15, -0.1) is 10.2 Å². The van der Waals surface area contributed by atoms with Crippen LogP contribution < -0.4 is 0 Å². The molecule has 0 N–H and O–H groups in total. The van der Waals surface area contributed by atoms with Crippen molar-refractivity contribution in [3.63, 3.8) is 0 Å². The summed E-state index contributed by atoms with van der Waals surface area (Å²) in [5.74, 6) is 2.20. The van der Waals surface area contributed by atoms with E-state index in [-0.39, 0.29) is 11.5 Å². The summed E-state index contributed by atoms with van der Waals surface area (Å²) in [6.45, 7) is 4.53. The normalized spacial score (nSPS) is 24.2. The lowest BCUT2D eigenvalue weighted by molar-refractivity contribution is -0.134. The van der Waals surface area contributed by atoms with E-state index in [1.807, 2.05) is 36.2 Å². The molecule has 3 aromatic heterocycles. The van der Waals surface area contributed by atoms with E-state index in [0.29, 0.717) is 25.6 Å². The molecule has 6 rings (SSSR count). The molecule has 1 spiro atoms. The zero-order valence-corrected chi connectivity index (χ0v) is 15.8. The summed E-state index contributed by atoms with van der Waals surface area (Å²) in [5, 5.41) is 8.86. The average molecular weight is 378 g/mol. The van der Waals surface area contributed by atoms with Gasteiger partial charge in [0.15, 0.2) is 11.6 Å². The van der Waals surface area contributed by atoms with Crippen molar-refractivity contribution < 1.29 is 9.53 Å². The number of carbonyl (C=O) groups excluding carboxylic acids is 1. The number of fused-ring (bicyclic) bond motifs is 2. The van der Waals surface area contributed by atoms with E-state index in [4.69, 9.17) is 4.74 Å². The Morgan fingerprint density at radius 1 is 1.25 bits per heavy atom. The maximum atomic E-state index is 12.5. The zero-order chi connectivity index (χ0) is 18.9. The van der Waals surface area contributed by atoms with Crippen molar-refractivity contribution in [3.05, 3.63) is 35.9 Å². The summed E-state index contributed by atoms with van der Waals surface area (Å²) in [6, 6.07) is 5.97. The van der Waals surface area contributed by atoms with Gasteiger partial charge in [-0.1, -0.05) is 6.07 Å². The van der Waals surface area contributed by atoms with E-state index in [0.717, 1.165) is 54.5 Å². The highest BCUT2D eigenvalue weighted by Gasteiger charge is 2.47. The minimum absolute atomic E-state index is 0.251. The van der Waals surface area contributed by atoms with Crippen LogP contribution in [0.15, 0.2) is 24.4 Å². The number of rotatable bonds is 2. The van der Waals surface area contributed by atoms with Crippen LogP contribution in [0.3, 0.4) is 0 Å². The Kier molecular flexibility index (Phi) is 3.27. The summed E-state index contributed by atoms with van der Waals surface area (Å²) >= 11 is 0. The third-order valence-electron chi connectivity index (χ3n) is 6.25. The largest absolute Gasteiger partial charge is 0.363 e. The molecule has 144 valence electrons. The van der Waals surface area contributed by atoms with Gasteiger partial charge in [0.2, 0.25) is 5.91 Å². The van der Waals surface area contributed by atoms with Gasteiger partial charge in [0.1, 0.15) is 23.5 Å². The molecule has 1 unspecified atom stereocenters. The van der Waals surface area contributed by atoms with Gasteiger partial charge in [0.05, 0.1) is 18.8 Å². The molecule has 1 atom stereocenters. The van der Waals surface area contributed by atoms with Crippen LogP contribution >= 0.6 is 0 Å². The highest BCUT2D eigenvalue weighted by Crippen LogP contribution is 2.38. The van der Waals surface area contributed by atoms with Gasteiger partial charge in [-0.05, 0) is 38.3 Å². The molecule has 0 aromatic carbocycles. The number of carbonyl (C=O) groups is 1.